The second kappa shape index (κ2) is 14.7. The summed E-state index contributed by atoms with van der Waals surface area (Å²) in [6, 6.07) is 10.2. The average molecular weight is 676 g/mol. The van der Waals surface area contributed by atoms with Gasteiger partial charge in [-0.3, -0.25) is 24.0 Å². The highest BCUT2D eigenvalue weighted by Crippen LogP contribution is 2.50. The number of methoxy groups -OCH3 is 3. The maximum absolute atomic E-state index is 13.9. The van der Waals surface area contributed by atoms with Crippen LogP contribution in [0.1, 0.15) is 36.9 Å². The van der Waals surface area contributed by atoms with Crippen molar-refractivity contribution in [2.24, 2.45) is 0 Å². The Morgan fingerprint density at radius 1 is 0.938 bits per heavy atom. The van der Waals surface area contributed by atoms with Gasteiger partial charge < -0.3 is 40.1 Å². The maximum Gasteiger partial charge on any atom is 0.314 e. The van der Waals surface area contributed by atoms with E-state index in [0.29, 0.717) is 75.7 Å². The van der Waals surface area contributed by atoms with E-state index < -0.39 is 29.1 Å². The molecule has 0 saturated carbocycles. The molecule has 1 aliphatic carbocycles. The summed E-state index contributed by atoms with van der Waals surface area (Å²) in [6.07, 6.45) is 3.38. The predicted molar refractivity (Wildman–Crippen MR) is 187 cm³/mol. The summed E-state index contributed by atoms with van der Waals surface area (Å²) in [5, 5.41) is 9.00. The number of nitrogens with one attached hydrogen (secondary N) is 5. The van der Waals surface area contributed by atoms with E-state index in [1.165, 1.54) is 27.2 Å². The van der Waals surface area contributed by atoms with Crippen LogP contribution in [0.2, 0.25) is 0 Å². The molecule has 1 aliphatic rings. The van der Waals surface area contributed by atoms with Crippen LogP contribution in [0.15, 0.2) is 56.8 Å². The summed E-state index contributed by atoms with van der Waals surface area (Å²) in [5.41, 5.74) is 2.27. The highest BCUT2D eigenvalue weighted by molar-refractivity contribution is 7.98. The van der Waals surface area contributed by atoms with Gasteiger partial charge >= 0.3 is 11.1 Å². The first-order valence-corrected chi connectivity index (χ1v) is 16.6. The SMILES string of the molecule is COc1cc2c(c(OC)c1OC)-c1ccc(N[C@H](CCSC)C(=O)Nc3ccc4[nH]c(=O)c(=O)[nH]c4c3)c(=O)cc1[C@H](NC(C)=O)CC2. The summed E-state index contributed by atoms with van der Waals surface area (Å²) in [5.74, 6) is 1.30. The van der Waals surface area contributed by atoms with Gasteiger partial charge in [-0.05, 0) is 84.4 Å². The number of ether oxygens (including phenoxy) is 3. The van der Waals surface area contributed by atoms with E-state index in [4.69, 9.17) is 14.2 Å². The Balaban J connectivity index is 1.57. The number of fused-ring (bicyclic) bond motifs is 4. The van der Waals surface area contributed by atoms with Crippen molar-refractivity contribution >= 4 is 46.0 Å². The second-order valence-electron chi connectivity index (χ2n) is 11.2. The molecule has 14 heteroatoms. The topological polar surface area (TPSA) is 181 Å². The van der Waals surface area contributed by atoms with E-state index in [9.17, 15) is 24.0 Å². The van der Waals surface area contributed by atoms with Crippen LogP contribution < -0.4 is 46.7 Å². The molecule has 0 radical (unpaired) electrons. The number of rotatable bonds is 11. The molecule has 2 atom stereocenters. The number of aromatic nitrogens is 2. The Bertz CT molecular complexity index is 2060. The molecule has 2 amide bonds. The van der Waals surface area contributed by atoms with Crippen LogP contribution in [0, 0.1) is 0 Å². The largest absolute Gasteiger partial charge is 0.493 e. The zero-order chi connectivity index (χ0) is 34.5. The molecule has 0 fully saturated rings. The van der Waals surface area contributed by atoms with Crippen LogP contribution in [-0.4, -0.2) is 61.2 Å². The number of thioether (sulfide) groups is 1. The number of aryl methyl sites for hydroxylation is 1. The Labute approximate surface area is 279 Å². The van der Waals surface area contributed by atoms with Gasteiger partial charge in [0.1, 0.15) is 6.04 Å². The fourth-order valence-corrected chi connectivity index (χ4v) is 6.41. The molecule has 0 bridgehead atoms. The van der Waals surface area contributed by atoms with Crippen molar-refractivity contribution in [3.8, 4) is 28.4 Å². The maximum atomic E-state index is 13.9. The molecule has 13 nitrogen and oxygen atoms in total. The van der Waals surface area contributed by atoms with Crippen LogP contribution in [0.4, 0.5) is 11.4 Å². The molecule has 4 aromatic rings. The quantitative estimate of drug-likeness (QED) is 0.148. The summed E-state index contributed by atoms with van der Waals surface area (Å²) in [4.78, 5) is 68.3. The van der Waals surface area contributed by atoms with Crippen molar-refractivity contribution in [2.45, 2.75) is 38.3 Å². The van der Waals surface area contributed by atoms with Gasteiger partial charge in [-0.2, -0.15) is 11.8 Å². The van der Waals surface area contributed by atoms with Gasteiger partial charge in [0, 0.05) is 18.2 Å². The van der Waals surface area contributed by atoms with Crippen LogP contribution in [-0.2, 0) is 16.0 Å². The lowest BCUT2D eigenvalue weighted by atomic mass is 9.95. The highest BCUT2D eigenvalue weighted by atomic mass is 32.2. The van der Waals surface area contributed by atoms with Crippen LogP contribution in [0.3, 0.4) is 0 Å². The van der Waals surface area contributed by atoms with Crippen LogP contribution in [0.25, 0.3) is 22.2 Å². The van der Waals surface area contributed by atoms with Gasteiger partial charge in [-0.1, -0.05) is 6.07 Å². The van der Waals surface area contributed by atoms with E-state index in [-0.39, 0.29) is 17.0 Å². The minimum atomic E-state index is -0.810. The van der Waals surface area contributed by atoms with E-state index in [0.717, 1.165) is 5.56 Å². The predicted octanol–water partition coefficient (Wildman–Crippen LogP) is 3.57. The van der Waals surface area contributed by atoms with E-state index in [1.54, 1.807) is 49.2 Å². The molecule has 1 heterocycles. The van der Waals surface area contributed by atoms with Crippen molar-refractivity contribution in [1.82, 2.24) is 15.3 Å². The minimum Gasteiger partial charge on any atom is -0.493 e. The molecule has 5 N–H and O–H groups in total. The molecular formula is C34H37N5O8S. The fraction of sp³-hybridized carbons (Fsp3) is 0.324. The third-order valence-corrected chi connectivity index (χ3v) is 8.81. The Morgan fingerprint density at radius 3 is 2.33 bits per heavy atom. The van der Waals surface area contributed by atoms with E-state index in [2.05, 4.69) is 25.9 Å². The molecule has 0 spiro atoms. The smallest absolute Gasteiger partial charge is 0.314 e. The molecule has 5 rings (SSSR count). The third-order valence-electron chi connectivity index (χ3n) is 8.16. The third kappa shape index (κ3) is 7.03. The Hall–Kier alpha value is -5.24. The van der Waals surface area contributed by atoms with Gasteiger partial charge in [0.15, 0.2) is 11.5 Å². The van der Waals surface area contributed by atoms with Crippen LogP contribution >= 0.6 is 11.8 Å². The summed E-state index contributed by atoms with van der Waals surface area (Å²) in [6.45, 7) is 1.43. The molecule has 3 aromatic carbocycles. The number of amides is 2. The van der Waals surface area contributed by atoms with E-state index in [1.807, 2.05) is 12.3 Å². The molecule has 1 aromatic heterocycles. The van der Waals surface area contributed by atoms with Crippen molar-refractivity contribution in [2.75, 3.05) is 44.0 Å². The summed E-state index contributed by atoms with van der Waals surface area (Å²) in [7, 11) is 4.59. The van der Waals surface area contributed by atoms with Gasteiger partial charge in [0.05, 0.1) is 44.1 Å². The lowest BCUT2D eigenvalue weighted by molar-refractivity contribution is -0.120. The van der Waals surface area contributed by atoms with Crippen molar-refractivity contribution in [3.63, 3.8) is 0 Å². The minimum absolute atomic E-state index is 0.187. The van der Waals surface area contributed by atoms with Crippen molar-refractivity contribution < 1.29 is 23.8 Å². The first-order chi connectivity index (χ1) is 23.1. The normalized spacial score (nSPS) is 14.1. The Morgan fingerprint density at radius 2 is 1.67 bits per heavy atom. The van der Waals surface area contributed by atoms with Gasteiger partial charge in [-0.15, -0.1) is 0 Å². The molecule has 0 saturated heterocycles. The first-order valence-electron chi connectivity index (χ1n) is 15.2. The monoisotopic (exact) mass is 675 g/mol. The molecular weight excluding hydrogens is 638 g/mol. The van der Waals surface area contributed by atoms with E-state index >= 15 is 0 Å². The number of anilines is 2. The molecule has 0 unspecified atom stereocenters. The number of hydrogen-bond acceptors (Lipinski definition) is 10. The second-order valence-corrected chi connectivity index (χ2v) is 12.2. The first kappa shape index (κ1) is 34.1. The van der Waals surface area contributed by atoms with Crippen LogP contribution in [0.5, 0.6) is 17.2 Å². The Kier molecular flexibility index (Phi) is 10.4. The number of carbonyl (C=O) groups is 2. The van der Waals surface area contributed by atoms with Crippen molar-refractivity contribution in [3.05, 3.63) is 84.5 Å². The number of aromatic amines is 2. The summed E-state index contributed by atoms with van der Waals surface area (Å²) < 4.78 is 17.1. The van der Waals surface area contributed by atoms with Gasteiger partial charge in [-0.25, -0.2) is 0 Å². The molecule has 252 valence electrons. The zero-order valence-corrected chi connectivity index (χ0v) is 28.0. The number of benzene rings is 2. The van der Waals surface area contributed by atoms with Gasteiger partial charge in [0.25, 0.3) is 0 Å². The van der Waals surface area contributed by atoms with Gasteiger partial charge in [0.2, 0.25) is 23.0 Å². The number of hydrogen-bond donors (Lipinski definition) is 5. The number of carbonyl (C=O) groups excluding carboxylic acids is 2. The molecule has 48 heavy (non-hydrogen) atoms. The highest BCUT2D eigenvalue weighted by Gasteiger charge is 2.30. The summed E-state index contributed by atoms with van der Waals surface area (Å²) >= 11 is 1.55. The number of H-pyrrole nitrogens is 2. The lowest BCUT2D eigenvalue weighted by Crippen LogP contribution is -2.36. The average Bonchev–Trinajstić information content (AvgIpc) is 3.30. The lowest BCUT2D eigenvalue weighted by Gasteiger charge is -2.19. The standard InChI is InChI=1S/C34H37N5O8S/c1-17(40)35-22-9-6-18-14-28(45-2)30(46-3)31(47-4)29(18)20-8-11-24(27(41)16-21(20)22)37-25(12-13-48-5)32(42)36-19-7-10-23-26(15-19)39-34(44)33(43)38-23/h7-8,10-11,14-16,22,25H,6,9,12-13H2,1-5H3,(H,35,40)(H,36,42)(H,37,41)(H,38,43)(H,39,44)/t22-,25-/m1/s1. The fourth-order valence-electron chi connectivity index (χ4n) is 5.94. The van der Waals surface area contributed by atoms with Crippen molar-refractivity contribution in [1.29, 1.82) is 0 Å². The molecule has 0 aliphatic heterocycles. The zero-order valence-electron chi connectivity index (χ0n) is 27.2.